The van der Waals surface area contributed by atoms with Crippen molar-refractivity contribution < 1.29 is 4.74 Å². The molecule has 0 spiro atoms. The molecule has 2 heterocycles. The standard InChI is InChI=1S/C13H20BrN3O/c1-10-15-12(8-13(16-10)18-2)17-7-3-4-11(9-17)5-6-14/h8,11H,3-7,9H2,1-2H3. The Hall–Kier alpha value is -0.840. The normalized spacial score (nSPS) is 19.9. The molecule has 0 aliphatic carbocycles. The summed E-state index contributed by atoms with van der Waals surface area (Å²) in [7, 11) is 1.65. The molecule has 0 bridgehead atoms. The highest BCUT2D eigenvalue weighted by Gasteiger charge is 2.21. The molecule has 18 heavy (non-hydrogen) atoms. The summed E-state index contributed by atoms with van der Waals surface area (Å²) in [6.07, 6.45) is 3.80. The number of rotatable bonds is 4. The molecule has 1 saturated heterocycles. The number of anilines is 1. The summed E-state index contributed by atoms with van der Waals surface area (Å²) < 4.78 is 5.22. The van der Waals surface area contributed by atoms with Crippen molar-refractivity contribution in [3.63, 3.8) is 0 Å². The maximum Gasteiger partial charge on any atom is 0.218 e. The first-order chi connectivity index (χ1) is 8.72. The quantitative estimate of drug-likeness (QED) is 0.801. The van der Waals surface area contributed by atoms with Crippen LogP contribution < -0.4 is 9.64 Å². The lowest BCUT2D eigenvalue weighted by Crippen LogP contribution is -2.36. The fraction of sp³-hybridized carbons (Fsp3) is 0.692. The topological polar surface area (TPSA) is 38.2 Å². The summed E-state index contributed by atoms with van der Waals surface area (Å²) in [5.74, 6) is 3.19. The second-order valence-electron chi connectivity index (χ2n) is 4.75. The fourth-order valence-corrected chi connectivity index (χ4v) is 3.10. The molecule has 0 N–H and O–H groups in total. The molecule has 0 radical (unpaired) electrons. The van der Waals surface area contributed by atoms with Gasteiger partial charge in [-0.15, -0.1) is 0 Å². The highest BCUT2D eigenvalue weighted by molar-refractivity contribution is 9.09. The van der Waals surface area contributed by atoms with Gasteiger partial charge in [0.25, 0.3) is 0 Å². The predicted octanol–water partition coefficient (Wildman–Crippen LogP) is 2.80. The summed E-state index contributed by atoms with van der Waals surface area (Å²) in [6.45, 7) is 4.08. The molecule has 1 fully saturated rings. The van der Waals surface area contributed by atoms with Crippen LogP contribution in [0.3, 0.4) is 0 Å². The molecule has 0 amide bonds. The molecule has 0 aromatic carbocycles. The number of hydrogen-bond donors (Lipinski definition) is 0. The van der Waals surface area contributed by atoms with E-state index in [0.717, 1.165) is 36.0 Å². The maximum atomic E-state index is 5.22. The van der Waals surface area contributed by atoms with E-state index in [1.807, 2.05) is 13.0 Å². The van der Waals surface area contributed by atoms with Gasteiger partial charge in [0.1, 0.15) is 11.6 Å². The SMILES string of the molecule is COc1cc(N2CCCC(CCBr)C2)nc(C)n1. The van der Waals surface area contributed by atoms with Crippen molar-refractivity contribution in [2.75, 3.05) is 30.4 Å². The Labute approximate surface area is 117 Å². The Kier molecular flexibility index (Phi) is 4.80. The molecule has 0 saturated carbocycles. The zero-order valence-corrected chi connectivity index (χ0v) is 12.6. The van der Waals surface area contributed by atoms with Crippen LogP contribution in [0.25, 0.3) is 0 Å². The number of alkyl halides is 1. The predicted molar refractivity (Wildman–Crippen MR) is 76.7 cm³/mol. The first-order valence-corrected chi connectivity index (χ1v) is 7.55. The van der Waals surface area contributed by atoms with Crippen LogP contribution in [-0.2, 0) is 0 Å². The molecule has 1 aromatic rings. The molecule has 1 aromatic heterocycles. The number of halogens is 1. The summed E-state index contributed by atoms with van der Waals surface area (Å²) in [5, 5.41) is 1.08. The minimum absolute atomic E-state index is 0.653. The lowest BCUT2D eigenvalue weighted by atomic mass is 9.96. The van der Waals surface area contributed by atoms with Crippen LogP contribution in [0.15, 0.2) is 6.07 Å². The van der Waals surface area contributed by atoms with Crippen LogP contribution in [0.2, 0.25) is 0 Å². The number of piperidine rings is 1. The number of hydrogen-bond acceptors (Lipinski definition) is 4. The number of nitrogens with zero attached hydrogens (tertiary/aromatic N) is 3. The fourth-order valence-electron chi connectivity index (χ4n) is 2.45. The van der Waals surface area contributed by atoms with Gasteiger partial charge in [-0.1, -0.05) is 15.9 Å². The van der Waals surface area contributed by atoms with Crippen molar-refractivity contribution in [1.29, 1.82) is 0 Å². The third-order valence-electron chi connectivity index (χ3n) is 3.37. The van der Waals surface area contributed by atoms with E-state index in [2.05, 4.69) is 30.8 Å². The molecule has 1 unspecified atom stereocenters. The number of ether oxygens (including phenoxy) is 1. The smallest absolute Gasteiger partial charge is 0.218 e. The van der Waals surface area contributed by atoms with Gasteiger partial charge in [0.05, 0.1) is 7.11 Å². The van der Waals surface area contributed by atoms with E-state index in [0.29, 0.717) is 5.88 Å². The average molecular weight is 314 g/mol. The van der Waals surface area contributed by atoms with Gasteiger partial charge >= 0.3 is 0 Å². The van der Waals surface area contributed by atoms with E-state index in [9.17, 15) is 0 Å². The molecular formula is C13H20BrN3O. The van der Waals surface area contributed by atoms with Gasteiger partial charge in [-0.05, 0) is 32.1 Å². The van der Waals surface area contributed by atoms with Gasteiger partial charge in [0.15, 0.2) is 0 Å². The van der Waals surface area contributed by atoms with Gasteiger partial charge in [-0.2, -0.15) is 4.98 Å². The Bertz CT molecular complexity index is 398. The summed E-state index contributed by atoms with van der Waals surface area (Å²) in [5.41, 5.74) is 0. The Morgan fingerprint density at radius 3 is 3.06 bits per heavy atom. The Morgan fingerprint density at radius 1 is 1.50 bits per heavy atom. The van der Waals surface area contributed by atoms with Crippen LogP contribution in [0.1, 0.15) is 25.1 Å². The first kappa shape index (κ1) is 13.6. The van der Waals surface area contributed by atoms with Crippen molar-refractivity contribution in [2.24, 2.45) is 5.92 Å². The van der Waals surface area contributed by atoms with E-state index < -0.39 is 0 Å². The molecule has 100 valence electrons. The van der Waals surface area contributed by atoms with Crippen LogP contribution in [0.4, 0.5) is 5.82 Å². The van der Waals surface area contributed by atoms with Crippen LogP contribution in [0, 0.1) is 12.8 Å². The molecular weight excluding hydrogens is 294 g/mol. The zero-order valence-electron chi connectivity index (χ0n) is 11.0. The van der Waals surface area contributed by atoms with Crippen LogP contribution in [0.5, 0.6) is 5.88 Å². The van der Waals surface area contributed by atoms with E-state index in [-0.39, 0.29) is 0 Å². The van der Waals surface area contributed by atoms with Crippen molar-refractivity contribution in [2.45, 2.75) is 26.2 Å². The molecule has 4 nitrogen and oxygen atoms in total. The van der Waals surface area contributed by atoms with Crippen molar-refractivity contribution >= 4 is 21.7 Å². The van der Waals surface area contributed by atoms with E-state index in [1.54, 1.807) is 7.11 Å². The van der Waals surface area contributed by atoms with E-state index >= 15 is 0 Å². The van der Waals surface area contributed by atoms with Gasteiger partial charge < -0.3 is 9.64 Å². The highest BCUT2D eigenvalue weighted by Crippen LogP contribution is 2.25. The van der Waals surface area contributed by atoms with Crippen molar-refractivity contribution in [1.82, 2.24) is 9.97 Å². The maximum absolute atomic E-state index is 5.22. The number of aromatic nitrogens is 2. The summed E-state index contributed by atoms with van der Waals surface area (Å²) in [4.78, 5) is 11.1. The van der Waals surface area contributed by atoms with Crippen molar-refractivity contribution in [3.8, 4) is 5.88 Å². The summed E-state index contributed by atoms with van der Waals surface area (Å²) >= 11 is 3.53. The Balaban J connectivity index is 2.12. The average Bonchev–Trinajstić information content (AvgIpc) is 2.39. The molecule has 5 heteroatoms. The van der Waals surface area contributed by atoms with Gasteiger partial charge in [0.2, 0.25) is 5.88 Å². The van der Waals surface area contributed by atoms with E-state index in [1.165, 1.54) is 19.3 Å². The van der Waals surface area contributed by atoms with Crippen molar-refractivity contribution in [3.05, 3.63) is 11.9 Å². The van der Waals surface area contributed by atoms with Crippen LogP contribution >= 0.6 is 15.9 Å². The number of aryl methyl sites for hydroxylation is 1. The van der Waals surface area contributed by atoms with Gasteiger partial charge in [0, 0.05) is 24.5 Å². The Morgan fingerprint density at radius 2 is 2.33 bits per heavy atom. The first-order valence-electron chi connectivity index (χ1n) is 6.43. The lowest BCUT2D eigenvalue weighted by molar-refractivity contribution is 0.390. The molecule has 1 aliphatic rings. The van der Waals surface area contributed by atoms with Gasteiger partial charge in [-0.3, -0.25) is 0 Å². The highest BCUT2D eigenvalue weighted by atomic mass is 79.9. The largest absolute Gasteiger partial charge is 0.481 e. The second kappa shape index (κ2) is 6.36. The second-order valence-corrected chi connectivity index (χ2v) is 5.54. The molecule has 2 rings (SSSR count). The third kappa shape index (κ3) is 3.34. The number of methoxy groups -OCH3 is 1. The minimum atomic E-state index is 0.653. The molecule has 1 atom stereocenters. The third-order valence-corrected chi connectivity index (χ3v) is 3.83. The van der Waals surface area contributed by atoms with Gasteiger partial charge in [-0.25, -0.2) is 4.98 Å². The zero-order chi connectivity index (χ0) is 13.0. The minimum Gasteiger partial charge on any atom is -0.481 e. The summed E-state index contributed by atoms with van der Waals surface area (Å²) in [6, 6.07) is 1.93. The molecule has 1 aliphatic heterocycles. The monoisotopic (exact) mass is 313 g/mol. The van der Waals surface area contributed by atoms with E-state index in [4.69, 9.17) is 4.74 Å². The van der Waals surface area contributed by atoms with Crippen LogP contribution in [-0.4, -0.2) is 35.5 Å². The lowest BCUT2D eigenvalue weighted by Gasteiger charge is -2.33.